The van der Waals surface area contributed by atoms with Gasteiger partial charge in [-0.1, -0.05) is 24.6 Å². The Balaban J connectivity index is 0.00000200. The van der Waals surface area contributed by atoms with E-state index in [2.05, 4.69) is 10.6 Å². The van der Waals surface area contributed by atoms with Gasteiger partial charge in [0.2, 0.25) is 5.91 Å². The van der Waals surface area contributed by atoms with Crippen molar-refractivity contribution in [1.82, 2.24) is 10.6 Å². The first kappa shape index (κ1) is 16.8. The molecule has 0 aliphatic carbocycles. The van der Waals surface area contributed by atoms with E-state index in [4.69, 9.17) is 4.74 Å². The van der Waals surface area contributed by atoms with Crippen molar-refractivity contribution in [1.29, 1.82) is 0 Å². The maximum atomic E-state index is 11.9. The largest absolute Gasteiger partial charge is 0.496 e. The van der Waals surface area contributed by atoms with Crippen molar-refractivity contribution in [3.05, 3.63) is 29.8 Å². The average Bonchev–Trinajstić information content (AvgIpc) is 2.48. The maximum absolute atomic E-state index is 11.9. The molecule has 1 fully saturated rings. The van der Waals surface area contributed by atoms with Gasteiger partial charge in [-0.3, -0.25) is 4.79 Å². The van der Waals surface area contributed by atoms with Crippen LogP contribution in [-0.2, 0) is 11.2 Å². The van der Waals surface area contributed by atoms with Gasteiger partial charge in [0.15, 0.2) is 0 Å². The Hall–Kier alpha value is -1.26. The minimum absolute atomic E-state index is 0. The molecule has 1 aromatic carbocycles. The molecule has 1 aliphatic heterocycles. The number of piperidine rings is 1. The summed E-state index contributed by atoms with van der Waals surface area (Å²) in [6.07, 6.45) is 4.05. The number of methoxy groups -OCH3 is 1. The Morgan fingerprint density at radius 1 is 1.40 bits per heavy atom. The van der Waals surface area contributed by atoms with Crippen LogP contribution in [0.15, 0.2) is 24.3 Å². The van der Waals surface area contributed by atoms with Gasteiger partial charge >= 0.3 is 0 Å². The molecule has 1 atom stereocenters. The summed E-state index contributed by atoms with van der Waals surface area (Å²) < 4.78 is 5.29. The number of benzene rings is 1. The van der Waals surface area contributed by atoms with E-state index in [1.54, 1.807) is 7.11 Å². The van der Waals surface area contributed by atoms with E-state index in [0.29, 0.717) is 6.54 Å². The zero-order valence-corrected chi connectivity index (χ0v) is 12.7. The van der Waals surface area contributed by atoms with Crippen LogP contribution in [-0.4, -0.2) is 32.1 Å². The van der Waals surface area contributed by atoms with Crippen molar-refractivity contribution in [3.63, 3.8) is 0 Å². The smallest absolute Gasteiger partial charge is 0.237 e. The zero-order valence-electron chi connectivity index (χ0n) is 11.9. The van der Waals surface area contributed by atoms with Crippen LogP contribution in [0.3, 0.4) is 0 Å². The second-order valence-corrected chi connectivity index (χ2v) is 4.86. The molecule has 0 aromatic heterocycles. The molecule has 1 heterocycles. The molecule has 1 aromatic rings. The Morgan fingerprint density at radius 3 is 2.90 bits per heavy atom. The van der Waals surface area contributed by atoms with Crippen LogP contribution in [0.5, 0.6) is 5.75 Å². The lowest BCUT2D eigenvalue weighted by molar-refractivity contribution is -0.123. The summed E-state index contributed by atoms with van der Waals surface area (Å²) in [6.45, 7) is 1.60. The third-order valence-corrected chi connectivity index (χ3v) is 3.51. The van der Waals surface area contributed by atoms with Crippen molar-refractivity contribution >= 4 is 18.3 Å². The van der Waals surface area contributed by atoms with Crippen LogP contribution in [0.1, 0.15) is 24.8 Å². The minimum atomic E-state index is -0.00795. The van der Waals surface area contributed by atoms with Crippen molar-refractivity contribution in [2.45, 2.75) is 31.7 Å². The number of hydrogen-bond acceptors (Lipinski definition) is 3. The van der Waals surface area contributed by atoms with Crippen LogP contribution in [0.2, 0.25) is 0 Å². The summed E-state index contributed by atoms with van der Waals surface area (Å²) in [7, 11) is 1.67. The fraction of sp³-hybridized carbons (Fsp3) is 0.533. The minimum Gasteiger partial charge on any atom is -0.496 e. The molecule has 5 heteroatoms. The lowest BCUT2D eigenvalue weighted by Gasteiger charge is -2.22. The first-order valence-corrected chi connectivity index (χ1v) is 6.94. The van der Waals surface area contributed by atoms with Crippen molar-refractivity contribution in [3.8, 4) is 5.75 Å². The number of carbonyl (C=O) groups is 1. The lowest BCUT2D eigenvalue weighted by Crippen LogP contribution is -2.47. The van der Waals surface area contributed by atoms with E-state index in [1.807, 2.05) is 24.3 Å². The first-order chi connectivity index (χ1) is 9.31. The standard InChI is InChI=1S/C15H22N2O2.ClH/c1-19-14-8-3-2-6-12(14)9-11-17-15(18)13-7-4-5-10-16-13;/h2-3,6,8,13,16H,4-5,7,9-11H2,1H3,(H,17,18);1H/t13-;/m1./s1. The third kappa shape index (κ3) is 4.69. The average molecular weight is 299 g/mol. The lowest BCUT2D eigenvalue weighted by atomic mass is 10.0. The summed E-state index contributed by atoms with van der Waals surface area (Å²) >= 11 is 0. The number of hydrogen-bond donors (Lipinski definition) is 2. The summed E-state index contributed by atoms with van der Waals surface area (Å²) in [6, 6.07) is 7.91. The highest BCUT2D eigenvalue weighted by molar-refractivity contribution is 5.85. The summed E-state index contributed by atoms with van der Waals surface area (Å²) in [5, 5.41) is 6.25. The van der Waals surface area contributed by atoms with Gasteiger partial charge in [0, 0.05) is 6.54 Å². The van der Waals surface area contributed by atoms with Crippen LogP contribution < -0.4 is 15.4 Å². The SMILES string of the molecule is COc1ccccc1CCNC(=O)[C@H]1CCCCN1.Cl. The molecule has 4 nitrogen and oxygen atoms in total. The molecule has 2 rings (SSSR count). The summed E-state index contributed by atoms with van der Waals surface area (Å²) in [5.74, 6) is 1.00. The van der Waals surface area contributed by atoms with Crippen molar-refractivity contribution in [2.75, 3.05) is 20.2 Å². The van der Waals surface area contributed by atoms with Gasteiger partial charge in [-0.05, 0) is 37.4 Å². The molecule has 0 saturated carbocycles. The van der Waals surface area contributed by atoms with Crippen molar-refractivity contribution in [2.24, 2.45) is 0 Å². The molecule has 1 saturated heterocycles. The Morgan fingerprint density at radius 2 is 2.20 bits per heavy atom. The number of ether oxygens (including phenoxy) is 1. The van der Waals surface area contributed by atoms with Gasteiger partial charge in [0.25, 0.3) is 0 Å². The molecule has 112 valence electrons. The topological polar surface area (TPSA) is 50.4 Å². The molecule has 1 aliphatic rings. The molecule has 1 amide bonds. The van der Waals surface area contributed by atoms with E-state index < -0.39 is 0 Å². The number of carbonyl (C=O) groups excluding carboxylic acids is 1. The van der Waals surface area contributed by atoms with Gasteiger partial charge < -0.3 is 15.4 Å². The van der Waals surface area contributed by atoms with Crippen LogP contribution in [0, 0.1) is 0 Å². The number of rotatable bonds is 5. The van der Waals surface area contributed by atoms with Crippen LogP contribution in [0.4, 0.5) is 0 Å². The van der Waals surface area contributed by atoms with E-state index in [-0.39, 0.29) is 24.4 Å². The molecular weight excluding hydrogens is 276 g/mol. The molecule has 2 N–H and O–H groups in total. The number of para-hydroxylation sites is 1. The number of nitrogens with one attached hydrogen (secondary N) is 2. The van der Waals surface area contributed by atoms with Crippen LogP contribution >= 0.6 is 12.4 Å². The normalized spacial score (nSPS) is 17.9. The summed E-state index contributed by atoms with van der Waals surface area (Å²) in [5.41, 5.74) is 1.13. The fourth-order valence-corrected chi connectivity index (χ4v) is 2.43. The maximum Gasteiger partial charge on any atom is 0.237 e. The van der Waals surface area contributed by atoms with E-state index in [1.165, 1.54) is 6.42 Å². The van der Waals surface area contributed by atoms with Gasteiger partial charge in [-0.25, -0.2) is 0 Å². The Labute approximate surface area is 126 Å². The highest BCUT2D eigenvalue weighted by Crippen LogP contribution is 2.17. The quantitative estimate of drug-likeness (QED) is 0.873. The van der Waals surface area contributed by atoms with Crippen LogP contribution in [0.25, 0.3) is 0 Å². The van der Waals surface area contributed by atoms with E-state index in [9.17, 15) is 4.79 Å². The number of amides is 1. The van der Waals surface area contributed by atoms with Crippen molar-refractivity contribution < 1.29 is 9.53 Å². The zero-order chi connectivity index (χ0) is 13.5. The van der Waals surface area contributed by atoms with Gasteiger partial charge in [-0.15, -0.1) is 12.4 Å². The highest BCUT2D eigenvalue weighted by atomic mass is 35.5. The van der Waals surface area contributed by atoms with Gasteiger partial charge in [-0.2, -0.15) is 0 Å². The first-order valence-electron chi connectivity index (χ1n) is 6.94. The molecule has 0 unspecified atom stereocenters. The molecule has 20 heavy (non-hydrogen) atoms. The van der Waals surface area contributed by atoms with E-state index >= 15 is 0 Å². The number of halogens is 1. The predicted molar refractivity (Wildman–Crippen MR) is 82.6 cm³/mol. The predicted octanol–water partition coefficient (Wildman–Crippen LogP) is 1.92. The fourth-order valence-electron chi connectivity index (χ4n) is 2.43. The van der Waals surface area contributed by atoms with Gasteiger partial charge in [0.1, 0.15) is 5.75 Å². The second-order valence-electron chi connectivity index (χ2n) is 4.86. The molecular formula is C15H23ClN2O2. The molecule has 0 spiro atoms. The second kappa shape index (κ2) is 8.82. The van der Waals surface area contributed by atoms with E-state index in [0.717, 1.165) is 37.1 Å². The molecule has 0 bridgehead atoms. The Kier molecular flexibility index (Phi) is 7.41. The molecule has 0 radical (unpaired) electrons. The summed E-state index contributed by atoms with van der Waals surface area (Å²) in [4.78, 5) is 11.9. The third-order valence-electron chi connectivity index (χ3n) is 3.51. The highest BCUT2D eigenvalue weighted by Gasteiger charge is 2.19. The Bertz CT molecular complexity index is 420. The van der Waals surface area contributed by atoms with Gasteiger partial charge in [0.05, 0.1) is 13.2 Å². The monoisotopic (exact) mass is 298 g/mol.